The summed E-state index contributed by atoms with van der Waals surface area (Å²) in [6.07, 6.45) is -3.71. The van der Waals surface area contributed by atoms with Gasteiger partial charge in [0.05, 0.1) is 5.56 Å². The molecule has 0 saturated heterocycles. The minimum absolute atomic E-state index is 0.0207. The number of nitrogens with one attached hydrogen (secondary N) is 3. The van der Waals surface area contributed by atoms with Gasteiger partial charge in [0.25, 0.3) is 5.91 Å². The second kappa shape index (κ2) is 6.99. The SMILES string of the molecule is CNC(=O)Nc1cccc(NC(=O)c2ccc(C(F)(F)F)nc2)c1. The highest BCUT2D eigenvalue weighted by molar-refractivity contribution is 6.04. The van der Waals surface area contributed by atoms with Crippen LogP contribution in [0.25, 0.3) is 0 Å². The molecule has 2 aromatic rings. The Balaban J connectivity index is 2.09. The third-order valence-corrected chi connectivity index (χ3v) is 2.92. The molecule has 0 unspecified atom stereocenters. The third kappa shape index (κ3) is 4.45. The molecule has 2 rings (SSSR count). The van der Waals surface area contributed by atoms with Crippen molar-refractivity contribution >= 4 is 23.3 Å². The van der Waals surface area contributed by atoms with Crippen molar-refractivity contribution in [3.8, 4) is 0 Å². The minimum Gasteiger partial charge on any atom is -0.341 e. The molecule has 126 valence electrons. The first kappa shape index (κ1) is 17.3. The Morgan fingerprint density at radius 1 is 1.04 bits per heavy atom. The molecule has 0 aliphatic rings. The summed E-state index contributed by atoms with van der Waals surface area (Å²) in [5, 5.41) is 7.43. The van der Waals surface area contributed by atoms with Gasteiger partial charge in [0.2, 0.25) is 0 Å². The number of hydrogen-bond donors (Lipinski definition) is 3. The number of urea groups is 1. The summed E-state index contributed by atoms with van der Waals surface area (Å²) in [6.45, 7) is 0. The number of aromatic nitrogens is 1. The van der Waals surface area contributed by atoms with Crippen molar-refractivity contribution in [1.82, 2.24) is 10.3 Å². The number of amides is 3. The Bertz CT molecular complexity index is 745. The molecule has 0 bridgehead atoms. The van der Waals surface area contributed by atoms with Crippen LogP contribution in [0.3, 0.4) is 0 Å². The molecule has 6 nitrogen and oxygen atoms in total. The highest BCUT2D eigenvalue weighted by atomic mass is 19.4. The zero-order valence-electron chi connectivity index (χ0n) is 12.4. The highest BCUT2D eigenvalue weighted by Gasteiger charge is 2.32. The van der Waals surface area contributed by atoms with Gasteiger partial charge in [-0.1, -0.05) is 6.07 Å². The molecule has 3 N–H and O–H groups in total. The molecule has 0 spiro atoms. The molecule has 0 radical (unpaired) electrons. The zero-order chi connectivity index (χ0) is 17.7. The van der Waals surface area contributed by atoms with E-state index in [1.165, 1.54) is 13.1 Å². The van der Waals surface area contributed by atoms with E-state index in [9.17, 15) is 22.8 Å². The summed E-state index contributed by atoms with van der Waals surface area (Å²) in [7, 11) is 1.46. The van der Waals surface area contributed by atoms with Crippen LogP contribution in [0.15, 0.2) is 42.6 Å². The van der Waals surface area contributed by atoms with Gasteiger partial charge in [0.15, 0.2) is 0 Å². The van der Waals surface area contributed by atoms with E-state index in [2.05, 4.69) is 20.9 Å². The van der Waals surface area contributed by atoms with Crippen molar-refractivity contribution in [1.29, 1.82) is 0 Å². The number of benzene rings is 1. The van der Waals surface area contributed by atoms with E-state index in [4.69, 9.17) is 0 Å². The second-order valence-corrected chi connectivity index (χ2v) is 4.67. The third-order valence-electron chi connectivity index (χ3n) is 2.92. The number of alkyl halides is 3. The van der Waals surface area contributed by atoms with Gasteiger partial charge in [-0.15, -0.1) is 0 Å². The Morgan fingerprint density at radius 3 is 2.25 bits per heavy atom. The topological polar surface area (TPSA) is 83.1 Å². The Labute approximate surface area is 135 Å². The van der Waals surface area contributed by atoms with Crippen LogP contribution in [0.1, 0.15) is 16.1 Å². The predicted octanol–water partition coefficient (Wildman–Crippen LogP) is 3.10. The van der Waals surface area contributed by atoms with Gasteiger partial charge in [-0.25, -0.2) is 4.79 Å². The molecular weight excluding hydrogens is 325 g/mol. The average molecular weight is 338 g/mol. The lowest BCUT2D eigenvalue weighted by atomic mass is 10.2. The zero-order valence-corrected chi connectivity index (χ0v) is 12.4. The van der Waals surface area contributed by atoms with Crippen molar-refractivity contribution in [2.24, 2.45) is 0 Å². The smallest absolute Gasteiger partial charge is 0.341 e. The van der Waals surface area contributed by atoms with Crippen LogP contribution in [0.4, 0.5) is 29.3 Å². The molecule has 24 heavy (non-hydrogen) atoms. The summed E-state index contributed by atoms with van der Waals surface area (Å²) < 4.78 is 37.3. The van der Waals surface area contributed by atoms with E-state index in [1.807, 2.05) is 0 Å². The fourth-order valence-electron chi connectivity index (χ4n) is 1.77. The Kier molecular flexibility index (Phi) is 5.02. The quantitative estimate of drug-likeness (QED) is 0.804. The van der Waals surface area contributed by atoms with E-state index in [1.54, 1.807) is 18.2 Å². The number of carbonyl (C=O) groups excluding carboxylic acids is 2. The standard InChI is InChI=1S/C15H13F3N4O2/c1-19-14(24)22-11-4-2-3-10(7-11)21-13(23)9-5-6-12(20-8-9)15(16,17)18/h2-8H,1H3,(H,21,23)(H2,19,22,24). The fourth-order valence-corrected chi connectivity index (χ4v) is 1.77. The lowest BCUT2D eigenvalue weighted by Gasteiger charge is -2.09. The van der Waals surface area contributed by atoms with Crippen molar-refractivity contribution in [3.63, 3.8) is 0 Å². The van der Waals surface area contributed by atoms with Crippen molar-refractivity contribution in [3.05, 3.63) is 53.9 Å². The molecule has 1 aromatic heterocycles. The number of rotatable bonds is 3. The first-order valence-electron chi connectivity index (χ1n) is 6.73. The Morgan fingerprint density at radius 2 is 1.71 bits per heavy atom. The normalized spacial score (nSPS) is 10.8. The monoisotopic (exact) mass is 338 g/mol. The van der Waals surface area contributed by atoms with Gasteiger partial charge >= 0.3 is 12.2 Å². The van der Waals surface area contributed by atoms with E-state index >= 15 is 0 Å². The molecule has 9 heteroatoms. The van der Waals surface area contributed by atoms with Crippen LogP contribution in [0, 0.1) is 0 Å². The number of carbonyl (C=O) groups is 2. The van der Waals surface area contributed by atoms with Gasteiger partial charge in [-0.05, 0) is 30.3 Å². The molecular formula is C15H13F3N4O2. The lowest BCUT2D eigenvalue weighted by Crippen LogP contribution is -2.24. The van der Waals surface area contributed by atoms with Crippen LogP contribution in [0.2, 0.25) is 0 Å². The van der Waals surface area contributed by atoms with Gasteiger partial charge in [0.1, 0.15) is 5.69 Å². The maximum absolute atomic E-state index is 12.4. The summed E-state index contributed by atoms with van der Waals surface area (Å²) >= 11 is 0. The summed E-state index contributed by atoms with van der Waals surface area (Å²) in [5.41, 5.74) is -0.282. The number of anilines is 2. The highest BCUT2D eigenvalue weighted by Crippen LogP contribution is 2.27. The molecule has 0 fully saturated rings. The van der Waals surface area contributed by atoms with E-state index in [0.717, 1.165) is 18.3 Å². The number of nitrogens with zero attached hydrogens (tertiary/aromatic N) is 1. The molecule has 1 heterocycles. The van der Waals surface area contributed by atoms with E-state index < -0.39 is 23.8 Å². The van der Waals surface area contributed by atoms with Crippen LogP contribution >= 0.6 is 0 Å². The minimum atomic E-state index is -4.56. The molecule has 0 aliphatic carbocycles. The maximum Gasteiger partial charge on any atom is 0.433 e. The van der Waals surface area contributed by atoms with E-state index in [0.29, 0.717) is 11.4 Å². The molecule has 0 aliphatic heterocycles. The van der Waals surface area contributed by atoms with Crippen LogP contribution in [-0.2, 0) is 6.18 Å². The molecule has 0 saturated carbocycles. The maximum atomic E-state index is 12.4. The van der Waals surface area contributed by atoms with Crippen molar-refractivity contribution < 1.29 is 22.8 Å². The number of hydrogen-bond acceptors (Lipinski definition) is 3. The summed E-state index contributed by atoms with van der Waals surface area (Å²) in [6, 6.07) is 7.65. The van der Waals surface area contributed by atoms with Crippen molar-refractivity contribution in [2.75, 3.05) is 17.7 Å². The second-order valence-electron chi connectivity index (χ2n) is 4.67. The first-order valence-corrected chi connectivity index (χ1v) is 6.73. The van der Waals surface area contributed by atoms with Gasteiger partial charge in [-0.3, -0.25) is 9.78 Å². The summed E-state index contributed by atoms with van der Waals surface area (Å²) in [4.78, 5) is 26.5. The fraction of sp³-hybridized carbons (Fsp3) is 0.133. The van der Waals surface area contributed by atoms with Gasteiger partial charge in [0, 0.05) is 24.6 Å². The van der Waals surface area contributed by atoms with Crippen LogP contribution < -0.4 is 16.0 Å². The van der Waals surface area contributed by atoms with E-state index in [-0.39, 0.29) is 5.56 Å². The van der Waals surface area contributed by atoms with Crippen LogP contribution in [0.5, 0.6) is 0 Å². The number of pyridine rings is 1. The summed E-state index contributed by atoms with van der Waals surface area (Å²) in [5.74, 6) is -0.617. The average Bonchev–Trinajstić information content (AvgIpc) is 2.54. The molecule has 1 aromatic carbocycles. The van der Waals surface area contributed by atoms with Crippen molar-refractivity contribution in [2.45, 2.75) is 6.18 Å². The molecule has 0 atom stereocenters. The Hall–Kier alpha value is -3.10. The van der Waals surface area contributed by atoms with Gasteiger partial charge in [-0.2, -0.15) is 13.2 Å². The molecule has 3 amide bonds. The van der Waals surface area contributed by atoms with Gasteiger partial charge < -0.3 is 16.0 Å². The predicted molar refractivity (Wildman–Crippen MR) is 81.7 cm³/mol. The lowest BCUT2D eigenvalue weighted by molar-refractivity contribution is -0.141. The first-order chi connectivity index (χ1) is 11.3. The number of halogens is 3. The largest absolute Gasteiger partial charge is 0.433 e. The van der Waals surface area contributed by atoms with Crippen LogP contribution in [-0.4, -0.2) is 24.0 Å².